The molecule has 0 saturated carbocycles. The van der Waals surface area contributed by atoms with Gasteiger partial charge in [0.1, 0.15) is 12.9 Å². The van der Waals surface area contributed by atoms with E-state index in [1.807, 2.05) is 80.6 Å². The van der Waals surface area contributed by atoms with E-state index in [9.17, 15) is 19.5 Å². The molecule has 0 saturated heterocycles. The first-order valence-electron chi connectivity index (χ1n) is 13.7. The third kappa shape index (κ3) is 11.3. The van der Waals surface area contributed by atoms with Crippen LogP contribution in [0, 0.1) is 5.92 Å². The lowest BCUT2D eigenvalue weighted by Gasteiger charge is -2.31. The second kappa shape index (κ2) is 16.4. The molecule has 3 amide bonds. The van der Waals surface area contributed by atoms with Crippen molar-refractivity contribution >= 4 is 30.0 Å². The van der Waals surface area contributed by atoms with Gasteiger partial charge in [0.05, 0.1) is 24.7 Å². The molecule has 8 nitrogen and oxygen atoms in total. The number of benzene rings is 3. The number of ether oxygens (including phenoxy) is 1. The van der Waals surface area contributed by atoms with Gasteiger partial charge in [-0.25, -0.2) is 9.59 Å². The number of hydrogen-bond acceptors (Lipinski definition) is 5. The van der Waals surface area contributed by atoms with Gasteiger partial charge in [-0.2, -0.15) is 0 Å². The lowest BCUT2D eigenvalue weighted by molar-refractivity contribution is -0.109. The zero-order valence-electron chi connectivity index (χ0n) is 23.4. The van der Waals surface area contributed by atoms with Gasteiger partial charge in [0.15, 0.2) is 0 Å². The Hall–Kier alpha value is -3.88. The largest absolute Gasteiger partial charge is 0.445 e. The topological polar surface area (TPSA) is 108 Å². The van der Waals surface area contributed by atoms with E-state index in [4.69, 9.17) is 16.3 Å². The molecule has 3 atom stereocenters. The fourth-order valence-corrected chi connectivity index (χ4v) is 4.61. The van der Waals surface area contributed by atoms with Crippen LogP contribution in [0.15, 0.2) is 84.9 Å². The van der Waals surface area contributed by atoms with Gasteiger partial charge in [-0.15, -0.1) is 0 Å². The minimum Gasteiger partial charge on any atom is -0.445 e. The molecule has 9 heteroatoms. The second-order valence-corrected chi connectivity index (χ2v) is 10.8. The maximum absolute atomic E-state index is 13.4. The van der Waals surface area contributed by atoms with Gasteiger partial charge in [0.25, 0.3) is 0 Å². The number of carbonyl (C=O) groups is 3. The average Bonchev–Trinajstić information content (AvgIpc) is 2.96. The van der Waals surface area contributed by atoms with Gasteiger partial charge in [-0.05, 0) is 47.6 Å². The highest BCUT2D eigenvalue weighted by Crippen LogP contribution is 2.16. The summed E-state index contributed by atoms with van der Waals surface area (Å²) in [5.74, 6) is 0.193. The van der Waals surface area contributed by atoms with Crippen LogP contribution in [0.5, 0.6) is 0 Å². The first-order chi connectivity index (χ1) is 19.7. The summed E-state index contributed by atoms with van der Waals surface area (Å²) in [5, 5.41) is 17.5. The van der Waals surface area contributed by atoms with Crippen LogP contribution in [-0.4, -0.2) is 53.1 Å². The van der Waals surface area contributed by atoms with Crippen LogP contribution in [0.1, 0.15) is 37.0 Å². The average molecular weight is 580 g/mol. The monoisotopic (exact) mass is 579 g/mol. The first kappa shape index (κ1) is 31.6. The van der Waals surface area contributed by atoms with Crippen molar-refractivity contribution in [2.24, 2.45) is 5.92 Å². The van der Waals surface area contributed by atoms with Gasteiger partial charge < -0.3 is 30.2 Å². The molecule has 0 aromatic heterocycles. The highest BCUT2D eigenvalue weighted by atomic mass is 35.5. The van der Waals surface area contributed by atoms with Crippen molar-refractivity contribution in [3.05, 3.63) is 107 Å². The molecular weight excluding hydrogens is 542 g/mol. The van der Waals surface area contributed by atoms with Gasteiger partial charge in [0.2, 0.25) is 0 Å². The normalized spacial score (nSPS) is 13.1. The number of hydrogen-bond donors (Lipinski definition) is 3. The SMILES string of the molecule is CC(C)C[C@@H](C=O)NC(=O)N(Cc1cccc(Cl)c1)CC(O)C(Cc1ccccc1)NC(=O)OCc1ccccc1. The Morgan fingerprint density at radius 3 is 2.17 bits per heavy atom. The van der Waals surface area contributed by atoms with Crippen LogP contribution in [0.25, 0.3) is 0 Å². The molecule has 3 aromatic carbocycles. The van der Waals surface area contributed by atoms with Crippen molar-refractivity contribution in [1.29, 1.82) is 0 Å². The number of nitrogens with zero attached hydrogens (tertiary/aromatic N) is 1. The number of nitrogens with one attached hydrogen (secondary N) is 2. The Morgan fingerprint density at radius 2 is 1.56 bits per heavy atom. The lowest BCUT2D eigenvalue weighted by atomic mass is 10.0. The van der Waals surface area contributed by atoms with E-state index < -0.39 is 30.3 Å². The van der Waals surface area contributed by atoms with Crippen molar-refractivity contribution in [1.82, 2.24) is 15.5 Å². The van der Waals surface area contributed by atoms with Crippen molar-refractivity contribution in [2.45, 2.75) is 58.0 Å². The van der Waals surface area contributed by atoms with Crippen molar-refractivity contribution < 1.29 is 24.2 Å². The molecule has 2 unspecified atom stereocenters. The lowest BCUT2D eigenvalue weighted by Crippen LogP contribution is -2.53. The zero-order chi connectivity index (χ0) is 29.6. The van der Waals surface area contributed by atoms with Crippen LogP contribution in [0.3, 0.4) is 0 Å². The number of carbonyl (C=O) groups excluding carboxylic acids is 3. The first-order valence-corrected chi connectivity index (χ1v) is 14.1. The molecular formula is C32H38ClN3O5. The predicted octanol–water partition coefficient (Wildman–Crippen LogP) is 5.36. The number of urea groups is 1. The third-order valence-corrected chi connectivity index (χ3v) is 6.67. The maximum Gasteiger partial charge on any atom is 0.407 e. The Morgan fingerprint density at radius 1 is 0.927 bits per heavy atom. The molecule has 0 spiro atoms. The molecule has 3 N–H and O–H groups in total. The molecule has 0 aliphatic heterocycles. The standard InChI is InChI=1S/C32H38ClN3O5/c1-23(2)16-28(21-37)34-31(39)36(19-26-14-9-15-27(33)17-26)20-30(38)29(18-24-10-5-3-6-11-24)35-32(40)41-22-25-12-7-4-8-13-25/h3-15,17,21,23,28-30,38H,16,18-20,22H2,1-2H3,(H,34,39)(H,35,40)/t28-,29?,30?/m0/s1. The number of aliphatic hydroxyl groups is 1. The predicted molar refractivity (Wildman–Crippen MR) is 159 cm³/mol. The molecule has 0 radical (unpaired) electrons. The summed E-state index contributed by atoms with van der Waals surface area (Å²) in [6, 6.07) is 23.8. The number of halogens is 1. The van der Waals surface area contributed by atoms with Crippen LogP contribution in [0.4, 0.5) is 9.59 Å². The number of amides is 3. The van der Waals surface area contributed by atoms with E-state index in [1.165, 1.54) is 4.90 Å². The van der Waals surface area contributed by atoms with Crippen LogP contribution >= 0.6 is 11.6 Å². The van der Waals surface area contributed by atoms with Crippen molar-refractivity contribution in [2.75, 3.05) is 6.54 Å². The third-order valence-electron chi connectivity index (χ3n) is 6.43. The van der Waals surface area contributed by atoms with E-state index in [2.05, 4.69) is 10.6 Å². The molecule has 0 bridgehead atoms. The molecule has 3 aromatic rings. The van der Waals surface area contributed by atoms with E-state index in [-0.39, 0.29) is 25.6 Å². The summed E-state index contributed by atoms with van der Waals surface area (Å²) in [5.41, 5.74) is 2.48. The fourth-order valence-electron chi connectivity index (χ4n) is 4.40. The van der Waals surface area contributed by atoms with Crippen molar-refractivity contribution in [3.63, 3.8) is 0 Å². The number of alkyl carbamates (subject to hydrolysis) is 1. The quantitative estimate of drug-likeness (QED) is 0.223. The molecule has 0 fully saturated rings. The Bertz CT molecular complexity index is 1240. The van der Waals surface area contributed by atoms with E-state index in [0.717, 1.165) is 16.7 Å². The van der Waals surface area contributed by atoms with Crippen LogP contribution in [-0.2, 0) is 29.1 Å². The van der Waals surface area contributed by atoms with Crippen LogP contribution in [0.2, 0.25) is 5.02 Å². The zero-order valence-corrected chi connectivity index (χ0v) is 24.2. The second-order valence-electron chi connectivity index (χ2n) is 10.4. The summed E-state index contributed by atoms with van der Waals surface area (Å²) in [4.78, 5) is 39.2. The van der Waals surface area contributed by atoms with E-state index in [1.54, 1.807) is 18.2 Å². The highest BCUT2D eigenvalue weighted by molar-refractivity contribution is 6.30. The maximum atomic E-state index is 13.4. The summed E-state index contributed by atoms with van der Waals surface area (Å²) >= 11 is 6.17. The van der Waals surface area contributed by atoms with Gasteiger partial charge >= 0.3 is 12.1 Å². The molecule has 0 aliphatic rings. The molecule has 3 rings (SSSR count). The Balaban J connectivity index is 1.78. The van der Waals surface area contributed by atoms with Gasteiger partial charge in [0, 0.05) is 11.6 Å². The highest BCUT2D eigenvalue weighted by Gasteiger charge is 2.28. The number of aliphatic hydroxyl groups excluding tert-OH is 1. The van der Waals surface area contributed by atoms with Gasteiger partial charge in [-0.3, -0.25) is 0 Å². The fraction of sp³-hybridized carbons (Fsp3) is 0.344. The summed E-state index contributed by atoms with van der Waals surface area (Å²) < 4.78 is 5.40. The van der Waals surface area contributed by atoms with Crippen LogP contribution < -0.4 is 10.6 Å². The van der Waals surface area contributed by atoms with Crippen molar-refractivity contribution in [3.8, 4) is 0 Å². The minimum absolute atomic E-state index is 0.0764. The van der Waals surface area contributed by atoms with Gasteiger partial charge in [-0.1, -0.05) is 98.2 Å². The molecule has 218 valence electrons. The smallest absolute Gasteiger partial charge is 0.407 e. The summed E-state index contributed by atoms with van der Waals surface area (Å²) in [7, 11) is 0. The number of rotatable bonds is 14. The number of aldehydes is 1. The molecule has 0 heterocycles. The molecule has 0 aliphatic carbocycles. The van der Waals surface area contributed by atoms with E-state index >= 15 is 0 Å². The summed E-state index contributed by atoms with van der Waals surface area (Å²) in [6.45, 7) is 4.02. The van der Waals surface area contributed by atoms with E-state index in [0.29, 0.717) is 24.2 Å². The minimum atomic E-state index is -1.16. The molecule has 41 heavy (non-hydrogen) atoms. The summed E-state index contributed by atoms with van der Waals surface area (Å²) in [6.07, 6.45) is -0.344. The Labute approximate surface area is 246 Å². The Kier molecular flexibility index (Phi) is 12.7.